The third-order valence-electron chi connectivity index (χ3n) is 2.05. The quantitative estimate of drug-likeness (QED) is 0.585. The van der Waals surface area contributed by atoms with Gasteiger partial charge in [0.25, 0.3) is 0 Å². The minimum atomic E-state index is 0.0451. The van der Waals surface area contributed by atoms with Gasteiger partial charge in [-0.2, -0.15) is 5.10 Å². The van der Waals surface area contributed by atoms with Crippen LogP contribution < -0.4 is 11.3 Å². The molecule has 74 valence electrons. The number of aromatic nitrogens is 2. The van der Waals surface area contributed by atoms with Crippen molar-refractivity contribution in [3.05, 3.63) is 40.3 Å². The molecule has 1 unspecified atom stereocenters. The Balaban J connectivity index is 2.31. The molecule has 3 N–H and O–H groups in total. The zero-order valence-electron chi connectivity index (χ0n) is 7.84. The highest BCUT2D eigenvalue weighted by atomic mass is 32.1. The molecular formula is C9H12N4S. The number of nitrogens with one attached hydrogen (secondary N) is 1. The fourth-order valence-electron chi connectivity index (χ4n) is 1.39. The smallest absolute Gasteiger partial charge is 0.0832 e. The SMILES string of the molecule is Cn1cc(C(NN)c2cccs2)cn1. The molecule has 0 saturated carbocycles. The summed E-state index contributed by atoms with van der Waals surface area (Å²) < 4.78 is 1.77. The lowest BCUT2D eigenvalue weighted by Gasteiger charge is -2.11. The van der Waals surface area contributed by atoms with Crippen LogP contribution in [0.25, 0.3) is 0 Å². The van der Waals surface area contributed by atoms with Crippen molar-refractivity contribution in [3.63, 3.8) is 0 Å². The highest BCUT2D eigenvalue weighted by Gasteiger charge is 2.14. The highest BCUT2D eigenvalue weighted by molar-refractivity contribution is 7.10. The van der Waals surface area contributed by atoms with Crippen LogP contribution in [-0.2, 0) is 7.05 Å². The van der Waals surface area contributed by atoms with Crippen LogP contribution in [0.5, 0.6) is 0 Å². The first-order valence-corrected chi connectivity index (χ1v) is 5.17. The maximum absolute atomic E-state index is 5.52. The molecule has 0 aliphatic rings. The molecule has 14 heavy (non-hydrogen) atoms. The van der Waals surface area contributed by atoms with Crippen LogP contribution in [0, 0.1) is 0 Å². The van der Waals surface area contributed by atoms with Crippen LogP contribution in [0.1, 0.15) is 16.5 Å². The van der Waals surface area contributed by atoms with Crippen molar-refractivity contribution in [2.75, 3.05) is 0 Å². The molecule has 0 aliphatic carbocycles. The maximum Gasteiger partial charge on any atom is 0.0832 e. The second kappa shape index (κ2) is 3.91. The Hall–Kier alpha value is -1.17. The standard InChI is InChI=1S/C9H12N4S/c1-13-6-7(5-11-13)9(12-10)8-3-2-4-14-8/h2-6,9,12H,10H2,1H3. The summed E-state index contributed by atoms with van der Waals surface area (Å²) in [5, 5.41) is 6.16. The van der Waals surface area contributed by atoms with Gasteiger partial charge in [0.05, 0.1) is 12.2 Å². The van der Waals surface area contributed by atoms with Gasteiger partial charge in [-0.05, 0) is 11.4 Å². The van der Waals surface area contributed by atoms with E-state index < -0.39 is 0 Å². The van der Waals surface area contributed by atoms with Crippen LogP contribution in [0.2, 0.25) is 0 Å². The number of hydrogen-bond acceptors (Lipinski definition) is 4. The number of hydrogen-bond donors (Lipinski definition) is 2. The first kappa shape index (κ1) is 9.39. The molecule has 0 amide bonds. The number of aryl methyl sites for hydroxylation is 1. The Morgan fingerprint density at radius 1 is 1.64 bits per heavy atom. The number of hydrazine groups is 1. The number of rotatable bonds is 3. The molecule has 0 aliphatic heterocycles. The fourth-order valence-corrected chi connectivity index (χ4v) is 2.20. The second-order valence-electron chi connectivity index (χ2n) is 3.06. The normalized spacial score (nSPS) is 13.0. The van der Waals surface area contributed by atoms with Crippen LogP contribution in [-0.4, -0.2) is 9.78 Å². The molecule has 0 saturated heterocycles. The van der Waals surface area contributed by atoms with E-state index in [1.54, 1.807) is 16.0 Å². The zero-order valence-corrected chi connectivity index (χ0v) is 8.66. The summed E-state index contributed by atoms with van der Waals surface area (Å²) in [7, 11) is 1.89. The van der Waals surface area contributed by atoms with Crippen molar-refractivity contribution < 1.29 is 0 Å². The van der Waals surface area contributed by atoms with Gasteiger partial charge in [-0.1, -0.05) is 6.07 Å². The first-order valence-electron chi connectivity index (χ1n) is 4.29. The molecule has 0 spiro atoms. The Kier molecular flexibility index (Phi) is 2.62. The molecule has 2 aromatic rings. The summed E-state index contributed by atoms with van der Waals surface area (Å²) in [6, 6.07) is 4.12. The van der Waals surface area contributed by atoms with Gasteiger partial charge < -0.3 is 0 Å². The van der Waals surface area contributed by atoms with Crippen molar-refractivity contribution in [3.8, 4) is 0 Å². The highest BCUT2D eigenvalue weighted by Crippen LogP contribution is 2.24. The van der Waals surface area contributed by atoms with Crippen molar-refractivity contribution in [1.82, 2.24) is 15.2 Å². The van der Waals surface area contributed by atoms with E-state index in [2.05, 4.69) is 16.6 Å². The Bertz CT molecular complexity index is 393. The van der Waals surface area contributed by atoms with Gasteiger partial charge in [-0.15, -0.1) is 11.3 Å². The lowest BCUT2D eigenvalue weighted by atomic mass is 10.1. The molecule has 1 atom stereocenters. The van der Waals surface area contributed by atoms with Gasteiger partial charge in [0.2, 0.25) is 0 Å². The van der Waals surface area contributed by atoms with Gasteiger partial charge in [0.15, 0.2) is 0 Å². The zero-order chi connectivity index (χ0) is 9.97. The summed E-state index contributed by atoms with van der Waals surface area (Å²) in [5.41, 5.74) is 3.87. The summed E-state index contributed by atoms with van der Waals surface area (Å²) in [6.07, 6.45) is 3.79. The van der Waals surface area contributed by atoms with E-state index in [9.17, 15) is 0 Å². The second-order valence-corrected chi connectivity index (χ2v) is 4.04. The van der Waals surface area contributed by atoms with Crippen molar-refractivity contribution >= 4 is 11.3 Å². The predicted molar refractivity (Wildman–Crippen MR) is 56.7 cm³/mol. The van der Waals surface area contributed by atoms with Crippen LogP contribution >= 0.6 is 11.3 Å². The number of nitrogens with two attached hydrogens (primary N) is 1. The average molecular weight is 208 g/mol. The lowest BCUT2D eigenvalue weighted by Crippen LogP contribution is -2.27. The lowest BCUT2D eigenvalue weighted by molar-refractivity contribution is 0.645. The molecule has 2 rings (SSSR count). The van der Waals surface area contributed by atoms with E-state index in [4.69, 9.17) is 5.84 Å². The maximum atomic E-state index is 5.52. The minimum Gasteiger partial charge on any atom is -0.275 e. The molecule has 0 bridgehead atoms. The Morgan fingerprint density at radius 3 is 3.00 bits per heavy atom. The molecule has 4 nitrogen and oxygen atoms in total. The molecule has 5 heteroatoms. The molecule has 2 heterocycles. The first-order chi connectivity index (χ1) is 6.81. The van der Waals surface area contributed by atoms with Crippen molar-refractivity contribution in [2.45, 2.75) is 6.04 Å². The summed E-state index contributed by atoms with van der Waals surface area (Å²) in [4.78, 5) is 1.19. The predicted octanol–water partition coefficient (Wildman–Crippen LogP) is 1.03. The molecule has 2 aromatic heterocycles. The van der Waals surface area contributed by atoms with Gasteiger partial charge in [-0.3, -0.25) is 10.5 Å². The van der Waals surface area contributed by atoms with E-state index in [1.807, 2.05) is 30.9 Å². The van der Waals surface area contributed by atoms with E-state index in [-0.39, 0.29) is 6.04 Å². The van der Waals surface area contributed by atoms with E-state index in [1.165, 1.54) is 4.88 Å². The molecule has 0 fully saturated rings. The Labute approximate surface area is 86.3 Å². The summed E-state index contributed by atoms with van der Waals surface area (Å²) in [5.74, 6) is 5.52. The Morgan fingerprint density at radius 2 is 2.50 bits per heavy atom. The van der Waals surface area contributed by atoms with Crippen molar-refractivity contribution in [1.29, 1.82) is 0 Å². The summed E-state index contributed by atoms with van der Waals surface area (Å²) in [6.45, 7) is 0. The summed E-state index contributed by atoms with van der Waals surface area (Å²) >= 11 is 1.68. The van der Waals surface area contributed by atoms with Crippen LogP contribution in [0.3, 0.4) is 0 Å². The van der Waals surface area contributed by atoms with E-state index >= 15 is 0 Å². The molecular weight excluding hydrogens is 196 g/mol. The minimum absolute atomic E-state index is 0.0451. The number of nitrogens with zero attached hydrogens (tertiary/aromatic N) is 2. The van der Waals surface area contributed by atoms with Crippen LogP contribution in [0.15, 0.2) is 29.9 Å². The topological polar surface area (TPSA) is 55.9 Å². The molecule has 0 radical (unpaired) electrons. The largest absolute Gasteiger partial charge is 0.275 e. The third kappa shape index (κ3) is 1.70. The van der Waals surface area contributed by atoms with Crippen molar-refractivity contribution in [2.24, 2.45) is 12.9 Å². The third-order valence-corrected chi connectivity index (χ3v) is 2.99. The average Bonchev–Trinajstić information content (AvgIpc) is 2.79. The molecule has 0 aromatic carbocycles. The van der Waals surface area contributed by atoms with Gasteiger partial charge in [0, 0.05) is 23.7 Å². The van der Waals surface area contributed by atoms with E-state index in [0.29, 0.717) is 0 Å². The van der Waals surface area contributed by atoms with Gasteiger partial charge in [0.1, 0.15) is 0 Å². The van der Waals surface area contributed by atoms with Gasteiger partial charge in [-0.25, -0.2) is 5.43 Å². The van der Waals surface area contributed by atoms with Gasteiger partial charge >= 0.3 is 0 Å². The monoisotopic (exact) mass is 208 g/mol. The number of thiophene rings is 1. The fraction of sp³-hybridized carbons (Fsp3) is 0.222. The van der Waals surface area contributed by atoms with E-state index in [0.717, 1.165) is 5.56 Å². The van der Waals surface area contributed by atoms with Crippen LogP contribution in [0.4, 0.5) is 0 Å².